The van der Waals surface area contributed by atoms with Gasteiger partial charge in [-0.05, 0) is 6.92 Å². The Morgan fingerprint density at radius 3 is 2.82 bits per heavy atom. The van der Waals surface area contributed by atoms with Crippen molar-refractivity contribution in [2.24, 2.45) is 0 Å². The van der Waals surface area contributed by atoms with Crippen molar-refractivity contribution >= 4 is 17.7 Å². The summed E-state index contributed by atoms with van der Waals surface area (Å²) < 4.78 is 5.07. The number of hydrogen-bond donors (Lipinski definition) is 1. The van der Waals surface area contributed by atoms with Crippen LogP contribution < -0.4 is 0 Å². The molecular formula is C7H14O3S. The normalized spacial score (nSPS) is 9.91. The SMILES string of the molecule is CCOCCSCCC(=O)O. The van der Waals surface area contributed by atoms with Crippen molar-refractivity contribution in [3.8, 4) is 0 Å². The Bertz CT molecular complexity index is 106. The van der Waals surface area contributed by atoms with Crippen molar-refractivity contribution in [1.29, 1.82) is 0 Å². The molecule has 4 heteroatoms. The number of carboxylic acids is 1. The summed E-state index contributed by atoms with van der Waals surface area (Å²) in [4.78, 5) is 10.0. The molecule has 0 aliphatic carbocycles. The Morgan fingerprint density at radius 2 is 2.27 bits per heavy atom. The fourth-order valence-electron chi connectivity index (χ4n) is 0.524. The molecule has 0 atom stereocenters. The Kier molecular flexibility index (Phi) is 7.72. The van der Waals surface area contributed by atoms with Gasteiger partial charge in [-0.2, -0.15) is 11.8 Å². The quantitative estimate of drug-likeness (QED) is 0.596. The van der Waals surface area contributed by atoms with Gasteiger partial charge in [-0.15, -0.1) is 0 Å². The highest BCUT2D eigenvalue weighted by Gasteiger charge is 1.95. The van der Waals surface area contributed by atoms with Gasteiger partial charge in [0.15, 0.2) is 0 Å². The van der Waals surface area contributed by atoms with Gasteiger partial charge < -0.3 is 9.84 Å². The lowest BCUT2D eigenvalue weighted by molar-refractivity contribution is -0.136. The third kappa shape index (κ3) is 9.78. The van der Waals surface area contributed by atoms with Gasteiger partial charge in [0.2, 0.25) is 0 Å². The number of aliphatic carboxylic acids is 1. The molecule has 0 unspecified atom stereocenters. The number of carboxylic acid groups (broad SMARTS) is 1. The lowest BCUT2D eigenvalue weighted by atomic mass is 10.5. The maximum Gasteiger partial charge on any atom is 0.304 e. The largest absolute Gasteiger partial charge is 0.481 e. The highest BCUT2D eigenvalue weighted by Crippen LogP contribution is 2.01. The van der Waals surface area contributed by atoms with Crippen LogP contribution in [0, 0.1) is 0 Å². The zero-order valence-electron chi connectivity index (χ0n) is 6.71. The van der Waals surface area contributed by atoms with Crippen LogP contribution in [-0.4, -0.2) is 35.8 Å². The molecule has 0 aromatic rings. The summed E-state index contributed by atoms with van der Waals surface area (Å²) in [5.74, 6) is 0.845. The molecule has 0 fully saturated rings. The van der Waals surface area contributed by atoms with E-state index in [2.05, 4.69) is 0 Å². The van der Waals surface area contributed by atoms with E-state index in [1.54, 1.807) is 11.8 Å². The molecule has 0 aliphatic rings. The van der Waals surface area contributed by atoms with E-state index in [4.69, 9.17) is 9.84 Å². The molecule has 11 heavy (non-hydrogen) atoms. The molecule has 66 valence electrons. The maximum absolute atomic E-state index is 10.0. The van der Waals surface area contributed by atoms with Gasteiger partial charge in [0.1, 0.15) is 0 Å². The van der Waals surface area contributed by atoms with Crippen LogP contribution in [0.3, 0.4) is 0 Å². The van der Waals surface area contributed by atoms with E-state index >= 15 is 0 Å². The van der Waals surface area contributed by atoms with Gasteiger partial charge in [0.05, 0.1) is 13.0 Å². The minimum atomic E-state index is -0.728. The summed E-state index contributed by atoms with van der Waals surface area (Å²) in [6.07, 6.45) is 0.247. The van der Waals surface area contributed by atoms with E-state index in [9.17, 15) is 4.79 Å². The van der Waals surface area contributed by atoms with Crippen LogP contribution in [0.4, 0.5) is 0 Å². The molecule has 0 heterocycles. The molecule has 0 aromatic heterocycles. The molecule has 0 rings (SSSR count). The van der Waals surface area contributed by atoms with Crippen LogP contribution in [0.25, 0.3) is 0 Å². The minimum Gasteiger partial charge on any atom is -0.481 e. The van der Waals surface area contributed by atoms with Gasteiger partial charge in [0.25, 0.3) is 0 Å². The lowest BCUT2D eigenvalue weighted by Gasteiger charge is -1.99. The van der Waals surface area contributed by atoms with Gasteiger partial charge in [-0.1, -0.05) is 0 Å². The second-order valence-electron chi connectivity index (χ2n) is 1.95. The number of hydrogen-bond acceptors (Lipinski definition) is 3. The summed E-state index contributed by atoms with van der Waals surface area (Å²) in [7, 11) is 0. The van der Waals surface area contributed by atoms with Crippen molar-refractivity contribution in [2.75, 3.05) is 24.7 Å². The topological polar surface area (TPSA) is 46.5 Å². The van der Waals surface area contributed by atoms with Gasteiger partial charge in [-0.25, -0.2) is 0 Å². The summed E-state index contributed by atoms with van der Waals surface area (Å²) >= 11 is 1.62. The van der Waals surface area contributed by atoms with Gasteiger partial charge in [-0.3, -0.25) is 4.79 Å². The van der Waals surface area contributed by atoms with Crippen LogP contribution >= 0.6 is 11.8 Å². The lowest BCUT2D eigenvalue weighted by Crippen LogP contribution is -2.00. The average Bonchev–Trinajstić information content (AvgIpc) is 1.96. The molecular weight excluding hydrogens is 164 g/mol. The number of thioether (sulfide) groups is 1. The first kappa shape index (κ1) is 10.8. The zero-order chi connectivity index (χ0) is 8.53. The summed E-state index contributed by atoms with van der Waals surface area (Å²) in [6, 6.07) is 0. The Hall–Kier alpha value is -0.220. The molecule has 0 aliphatic heterocycles. The molecule has 3 nitrogen and oxygen atoms in total. The average molecular weight is 178 g/mol. The standard InChI is InChI=1S/C7H14O3S/c1-2-10-4-6-11-5-3-7(8)9/h2-6H2,1H3,(H,8,9). The van der Waals surface area contributed by atoms with E-state index in [1.807, 2.05) is 6.92 Å². The molecule has 0 bridgehead atoms. The van der Waals surface area contributed by atoms with Crippen molar-refractivity contribution in [2.45, 2.75) is 13.3 Å². The third-order valence-corrected chi connectivity index (χ3v) is 1.98. The summed E-state index contributed by atoms with van der Waals surface area (Å²) in [5.41, 5.74) is 0. The Labute approximate surface area is 71.1 Å². The van der Waals surface area contributed by atoms with Crippen LogP contribution in [-0.2, 0) is 9.53 Å². The number of carbonyl (C=O) groups is 1. The first-order valence-corrected chi connectivity index (χ1v) is 4.80. The Balaban J connectivity index is 2.85. The molecule has 0 radical (unpaired) electrons. The predicted octanol–water partition coefficient (Wildman–Crippen LogP) is 1.23. The first-order valence-electron chi connectivity index (χ1n) is 3.64. The van der Waals surface area contributed by atoms with Crippen LogP contribution in [0.5, 0.6) is 0 Å². The smallest absolute Gasteiger partial charge is 0.304 e. The monoisotopic (exact) mass is 178 g/mol. The number of rotatable bonds is 7. The van der Waals surface area contributed by atoms with E-state index in [1.165, 1.54) is 0 Å². The van der Waals surface area contributed by atoms with Crippen molar-refractivity contribution in [3.05, 3.63) is 0 Å². The van der Waals surface area contributed by atoms with Crippen LogP contribution in [0.15, 0.2) is 0 Å². The first-order chi connectivity index (χ1) is 5.27. The minimum absolute atomic E-state index is 0.247. The van der Waals surface area contributed by atoms with Crippen molar-refractivity contribution in [1.82, 2.24) is 0 Å². The second-order valence-corrected chi connectivity index (χ2v) is 3.18. The molecule has 0 saturated carbocycles. The van der Waals surface area contributed by atoms with Crippen LogP contribution in [0.2, 0.25) is 0 Å². The van der Waals surface area contributed by atoms with Crippen molar-refractivity contribution < 1.29 is 14.6 Å². The number of ether oxygens (including phenoxy) is 1. The second kappa shape index (κ2) is 7.88. The molecule has 0 amide bonds. The molecule has 0 saturated heterocycles. The Morgan fingerprint density at radius 1 is 1.55 bits per heavy atom. The van der Waals surface area contributed by atoms with Crippen LogP contribution in [0.1, 0.15) is 13.3 Å². The van der Waals surface area contributed by atoms with E-state index < -0.39 is 5.97 Å². The van der Waals surface area contributed by atoms with Gasteiger partial charge >= 0.3 is 5.97 Å². The summed E-state index contributed by atoms with van der Waals surface area (Å²) in [6.45, 7) is 3.40. The summed E-state index contributed by atoms with van der Waals surface area (Å²) in [5, 5.41) is 8.27. The zero-order valence-corrected chi connectivity index (χ0v) is 7.52. The molecule has 0 spiro atoms. The molecule has 1 N–H and O–H groups in total. The van der Waals surface area contributed by atoms with Crippen molar-refractivity contribution in [3.63, 3.8) is 0 Å². The van der Waals surface area contributed by atoms with E-state index in [0.717, 1.165) is 19.0 Å². The third-order valence-electron chi connectivity index (χ3n) is 1.04. The van der Waals surface area contributed by atoms with Gasteiger partial charge in [0, 0.05) is 18.1 Å². The fraction of sp³-hybridized carbons (Fsp3) is 0.857. The van der Waals surface area contributed by atoms with E-state index in [0.29, 0.717) is 5.75 Å². The highest BCUT2D eigenvalue weighted by molar-refractivity contribution is 7.99. The fourth-order valence-corrected chi connectivity index (χ4v) is 1.28. The highest BCUT2D eigenvalue weighted by atomic mass is 32.2. The van der Waals surface area contributed by atoms with E-state index in [-0.39, 0.29) is 6.42 Å². The maximum atomic E-state index is 10.0. The predicted molar refractivity (Wildman–Crippen MR) is 46.1 cm³/mol. The molecule has 0 aromatic carbocycles.